The molecule has 0 heterocycles. The zero-order valence-electron chi connectivity index (χ0n) is 8.56. The number of hydrogen-bond acceptors (Lipinski definition) is 4. The van der Waals surface area contributed by atoms with Crippen molar-refractivity contribution in [2.75, 3.05) is 0 Å². The normalized spacial score (nSPS) is 8.29. The molecule has 0 unspecified atom stereocenters. The average molecular weight is 422 g/mol. The first-order valence-corrected chi connectivity index (χ1v) is 3.00. The molecule has 14 heavy (non-hydrogen) atoms. The Morgan fingerprint density at radius 2 is 1.50 bits per heavy atom. The topological polar surface area (TPSA) is 98.0 Å². The molecule has 0 fully saturated rings. The van der Waals surface area contributed by atoms with Crippen molar-refractivity contribution in [1.82, 2.24) is 0 Å². The van der Waals surface area contributed by atoms with E-state index < -0.39 is 23.2 Å². The number of aromatic carboxylic acids is 1. The van der Waals surface area contributed by atoms with Crippen LogP contribution in [0.25, 0.3) is 0 Å². The third-order valence-electron chi connectivity index (χ3n) is 1.32. The Hall–Kier alpha value is 0.609. The van der Waals surface area contributed by atoms with E-state index in [1.807, 2.05) is 0 Å². The average Bonchev–Trinajstić information content (AvgIpc) is 1.99. The van der Waals surface area contributed by atoms with Gasteiger partial charge in [0.2, 0.25) is 0 Å². The molecule has 0 spiro atoms. The summed E-state index contributed by atoms with van der Waals surface area (Å²) in [4.78, 5) is 10.3. The Balaban J connectivity index is -0.000000480. The predicted molar refractivity (Wildman–Crippen MR) is 49.4 cm³/mol. The van der Waals surface area contributed by atoms with E-state index >= 15 is 0 Å². The van der Waals surface area contributed by atoms with Gasteiger partial charge in [0.1, 0.15) is 0 Å². The van der Waals surface area contributed by atoms with Gasteiger partial charge >= 0.3 is 83.6 Å². The van der Waals surface area contributed by atoms with Crippen molar-refractivity contribution in [3.8, 4) is 17.2 Å². The van der Waals surface area contributed by atoms with E-state index in [4.69, 9.17) is 20.4 Å². The van der Waals surface area contributed by atoms with Crippen molar-refractivity contribution in [1.29, 1.82) is 0 Å². The first-order chi connectivity index (χ1) is 5.52. The number of phenols is 3. The van der Waals surface area contributed by atoms with Gasteiger partial charge in [0.15, 0.2) is 17.2 Å². The van der Waals surface area contributed by atoms with Gasteiger partial charge in [0.25, 0.3) is 0 Å². The second-order valence-electron chi connectivity index (χ2n) is 2.17. The van der Waals surface area contributed by atoms with Gasteiger partial charge in [-0.2, -0.15) is 0 Å². The number of carbonyl (C=O) groups is 1. The van der Waals surface area contributed by atoms with Crippen molar-refractivity contribution in [3.63, 3.8) is 0 Å². The van der Waals surface area contributed by atoms with Crippen LogP contribution in [0.4, 0.5) is 0 Å². The van der Waals surface area contributed by atoms with Crippen LogP contribution >= 0.6 is 0 Å². The van der Waals surface area contributed by atoms with E-state index in [1.165, 1.54) is 0 Å². The number of hydrogen-bond donors (Lipinski definition) is 4. The van der Waals surface area contributed by atoms with Crippen molar-refractivity contribution < 1.29 is 78.0 Å². The zero-order valence-corrected chi connectivity index (χ0v) is 16.2. The van der Waals surface area contributed by atoms with Crippen LogP contribution in [0.1, 0.15) is 11.8 Å². The molecule has 1 rings (SSSR count). The Morgan fingerprint density at radius 3 is 1.79 bits per heavy atom. The van der Waals surface area contributed by atoms with Crippen LogP contribution in [0.15, 0.2) is 12.1 Å². The molecule has 7 heteroatoms. The number of aromatic hydroxyl groups is 3. The van der Waals surface area contributed by atoms with Crippen LogP contribution in [-0.4, -0.2) is 52.6 Å². The molecule has 5 nitrogen and oxygen atoms in total. The predicted octanol–water partition coefficient (Wildman–Crippen LogP) is -3.57. The number of carboxylic acid groups (broad SMARTS) is 1. The second kappa shape index (κ2) is 6.98. The first-order valence-electron chi connectivity index (χ1n) is 3.00. The third kappa shape index (κ3) is 4.00. The Bertz CT molecular complexity index is 323. The molecule has 4 N–H and O–H groups in total. The molecule has 1 aromatic rings. The maximum atomic E-state index is 10.3. The molecule has 1 aromatic carbocycles. The molecular weight excluding hydrogens is 412 g/mol. The van der Waals surface area contributed by atoms with E-state index in [0.29, 0.717) is 0 Å². The smallest absolute Gasteiger partial charge is 1.00 e. The van der Waals surface area contributed by atoms with Gasteiger partial charge in [0.05, 0.1) is 5.56 Å². The fourth-order valence-electron chi connectivity index (χ4n) is 0.728. The standard InChI is InChI=1S/C7H6O5.Bi.K.4H/c8-4-1-3(7(11)12)2-5(9)6(4)10;;;;;;/h1-2,8-10H,(H,11,12);;;;;;/q;;+1;;;;-1. The van der Waals surface area contributed by atoms with E-state index in [-0.39, 0.29) is 84.6 Å². The van der Waals surface area contributed by atoms with Gasteiger partial charge in [-0.15, -0.1) is 0 Å². The molecule has 0 amide bonds. The maximum absolute atomic E-state index is 10.3. The minimum atomic E-state index is -1.29. The number of carboxylic acids is 1. The summed E-state index contributed by atoms with van der Waals surface area (Å²) < 4.78 is 0. The summed E-state index contributed by atoms with van der Waals surface area (Å²) in [6, 6.07) is 1.69. The van der Waals surface area contributed by atoms with Crippen LogP contribution in [0, 0.1) is 0 Å². The van der Waals surface area contributed by atoms with Crippen LogP contribution in [0.5, 0.6) is 17.2 Å². The van der Waals surface area contributed by atoms with Gasteiger partial charge in [-0.3, -0.25) is 0 Å². The summed E-state index contributed by atoms with van der Waals surface area (Å²) in [5.74, 6) is -3.33. The molecule has 0 aliphatic heterocycles. The fraction of sp³-hybridized carbons (Fsp3) is 0. The number of benzene rings is 1. The monoisotopic (exact) mass is 422 g/mol. The molecule has 0 aliphatic carbocycles. The van der Waals surface area contributed by atoms with Crippen LogP contribution in [0.3, 0.4) is 0 Å². The minimum Gasteiger partial charge on any atom is -1.00 e. The van der Waals surface area contributed by atoms with E-state index in [9.17, 15) is 4.79 Å². The fourth-order valence-corrected chi connectivity index (χ4v) is 0.728. The molecule has 0 radical (unpaired) electrons. The summed E-state index contributed by atoms with van der Waals surface area (Å²) in [6.07, 6.45) is 0. The Labute approximate surface area is 143 Å². The molecular formula is C7H10BiKO5. The third-order valence-corrected chi connectivity index (χ3v) is 1.32. The Kier molecular flexibility index (Phi) is 8.48. The number of phenolic OH excluding ortho intramolecular Hbond substituents is 3. The summed E-state index contributed by atoms with van der Waals surface area (Å²) in [6.45, 7) is 0. The summed E-state index contributed by atoms with van der Waals surface area (Å²) in [5.41, 5.74) is -0.289. The van der Waals surface area contributed by atoms with E-state index in [2.05, 4.69) is 0 Å². The van der Waals surface area contributed by atoms with Crippen molar-refractivity contribution in [2.45, 2.75) is 0 Å². The van der Waals surface area contributed by atoms with Crippen molar-refractivity contribution in [3.05, 3.63) is 17.7 Å². The molecule has 0 saturated carbocycles. The summed E-state index contributed by atoms with van der Waals surface area (Å²) >= 11 is 0. The van der Waals surface area contributed by atoms with Crippen LogP contribution in [0.2, 0.25) is 0 Å². The summed E-state index contributed by atoms with van der Waals surface area (Å²) in [5, 5.41) is 35.0. The molecule has 74 valence electrons. The molecule has 0 aliphatic rings. The molecule has 0 bridgehead atoms. The van der Waals surface area contributed by atoms with Gasteiger partial charge in [-0.25, -0.2) is 4.79 Å². The van der Waals surface area contributed by atoms with E-state index in [0.717, 1.165) is 12.1 Å². The largest absolute Gasteiger partial charge is 1.00 e. The molecule has 0 saturated heterocycles. The summed E-state index contributed by atoms with van der Waals surface area (Å²) in [7, 11) is 0. The quantitative estimate of drug-likeness (QED) is 0.278. The Morgan fingerprint density at radius 1 is 1.14 bits per heavy atom. The first kappa shape index (κ1) is 17.0. The van der Waals surface area contributed by atoms with Gasteiger partial charge in [-0.1, -0.05) is 0 Å². The second-order valence-corrected chi connectivity index (χ2v) is 2.17. The van der Waals surface area contributed by atoms with E-state index in [1.54, 1.807) is 0 Å². The molecule has 0 aromatic heterocycles. The zero-order chi connectivity index (χ0) is 9.30. The van der Waals surface area contributed by atoms with Crippen molar-refractivity contribution in [2.24, 2.45) is 0 Å². The van der Waals surface area contributed by atoms with Gasteiger partial charge < -0.3 is 21.9 Å². The van der Waals surface area contributed by atoms with Crippen LogP contribution in [-0.2, 0) is 0 Å². The van der Waals surface area contributed by atoms with Gasteiger partial charge in [-0.05, 0) is 12.1 Å². The molecule has 0 atom stereocenters. The number of rotatable bonds is 1. The minimum absolute atomic E-state index is 0. The SMILES string of the molecule is O=C(O)c1cc(O)c(O)c(O)c1.[BiH3].[H-].[K+]. The maximum Gasteiger partial charge on any atom is 1.00 e. The van der Waals surface area contributed by atoms with Crippen molar-refractivity contribution >= 4 is 32.2 Å². The van der Waals surface area contributed by atoms with Crippen LogP contribution < -0.4 is 51.4 Å². The van der Waals surface area contributed by atoms with Gasteiger partial charge in [0, 0.05) is 0 Å².